The number of hydrogen-bond donors (Lipinski definition) is 1. The summed E-state index contributed by atoms with van der Waals surface area (Å²) in [5.74, 6) is 0. The summed E-state index contributed by atoms with van der Waals surface area (Å²) in [4.78, 5) is 14.5. The van der Waals surface area contributed by atoms with E-state index in [1.54, 1.807) is 24.5 Å². The third-order valence-electron chi connectivity index (χ3n) is 3.55. The van der Waals surface area contributed by atoms with Crippen molar-refractivity contribution < 1.29 is 4.92 Å². The molecule has 1 aromatic heterocycles. The Bertz CT molecular complexity index is 601. The van der Waals surface area contributed by atoms with Crippen molar-refractivity contribution in [2.75, 3.05) is 0 Å². The monoisotopic (exact) mass is 285 g/mol. The second-order valence-corrected chi connectivity index (χ2v) is 4.98. The predicted molar refractivity (Wildman–Crippen MR) is 81.9 cm³/mol. The van der Waals surface area contributed by atoms with Gasteiger partial charge in [-0.15, -0.1) is 0 Å². The second-order valence-electron chi connectivity index (χ2n) is 4.98. The number of benzene rings is 1. The first-order chi connectivity index (χ1) is 10.1. The van der Waals surface area contributed by atoms with E-state index in [2.05, 4.69) is 24.1 Å². The summed E-state index contributed by atoms with van der Waals surface area (Å²) in [6.45, 7) is 4.14. The highest BCUT2D eigenvalue weighted by Gasteiger charge is 2.16. The molecule has 1 aromatic carbocycles. The molecule has 0 saturated carbocycles. The molecule has 0 aliphatic heterocycles. The molecule has 5 heteroatoms. The van der Waals surface area contributed by atoms with E-state index in [1.807, 2.05) is 18.2 Å². The first-order valence-electron chi connectivity index (χ1n) is 7.02. The summed E-state index contributed by atoms with van der Waals surface area (Å²) in [5, 5.41) is 14.4. The molecule has 0 spiro atoms. The number of pyridine rings is 1. The van der Waals surface area contributed by atoms with Gasteiger partial charge < -0.3 is 5.32 Å². The van der Waals surface area contributed by atoms with Crippen LogP contribution < -0.4 is 5.32 Å². The molecule has 1 N–H and O–H groups in total. The molecule has 0 saturated heterocycles. The Hall–Kier alpha value is -2.27. The summed E-state index contributed by atoms with van der Waals surface area (Å²) in [6, 6.07) is 11.0. The van der Waals surface area contributed by atoms with Gasteiger partial charge in [0.1, 0.15) is 0 Å². The fourth-order valence-electron chi connectivity index (χ4n) is 2.36. The molecule has 0 bridgehead atoms. The Morgan fingerprint density at radius 1 is 1.24 bits per heavy atom. The van der Waals surface area contributed by atoms with Crippen molar-refractivity contribution in [2.45, 2.75) is 32.4 Å². The lowest BCUT2D eigenvalue weighted by molar-refractivity contribution is -0.384. The first kappa shape index (κ1) is 15.1. The predicted octanol–water partition coefficient (Wildman–Crippen LogP) is 3.79. The van der Waals surface area contributed by atoms with Crippen molar-refractivity contribution in [1.29, 1.82) is 0 Å². The van der Waals surface area contributed by atoms with E-state index < -0.39 is 0 Å². The summed E-state index contributed by atoms with van der Waals surface area (Å²) in [7, 11) is 0. The van der Waals surface area contributed by atoms with Crippen LogP contribution in [0.1, 0.15) is 43.5 Å². The van der Waals surface area contributed by atoms with Gasteiger partial charge in [0.05, 0.1) is 4.92 Å². The van der Waals surface area contributed by atoms with Crippen LogP contribution in [0, 0.1) is 10.1 Å². The van der Waals surface area contributed by atoms with Crippen molar-refractivity contribution in [2.24, 2.45) is 0 Å². The lowest BCUT2D eigenvalue weighted by atomic mass is 10.0. The van der Waals surface area contributed by atoms with Gasteiger partial charge in [0.15, 0.2) is 0 Å². The molecule has 110 valence electrons. The maximum atomic E-state index is 10.9. The lowest BCUT2D eigenvalue weighted by Crippen LogP contribution is -2.24. The van der Waals surface area contributed by atoms with Crippen LogP contribution in [-0.2, 0) is 0 Å². The van der Waals surface area contributed by atoms with Gasteiger partial charge in [0, 0.05) is 36.6 Å². The van der Waals surface area contributed by atoms with Crippen LogP contribution in [-0.4, -0.2) is 9.91 Å². The quantitative estimate of drug-likeness (QED) is 0.647. The molecule has 5 nitrogen and oxygen atoms in total. The van der Waals surface area contributed by atoms with E-state index in [4.69, 9.17) is 0 Å². The molecule has 0 radical (unpaired) electrons. The van der Waals surface area contributed by atoms with Gasteiger partial charge in [-0.05, 0) is 36.6 Å². The third kappa shape index (κ3) is 3.86. The highest BCUT2D eigenvalue weighted by Crippen LogP contribution is 2.24. The Labute approximate surface area is 124 Å². The van der Waals surface area contributed by atoms with Crippen molar-refractivity contribution in [3.63, 3.8) is 0 Å². The molecule has 0 amide bonds. The van der Waals surface area contributed by atoms with E-state index in [0.717, 1.165) is 17.5 Å². The summed E-state index contributed by atoms with van der Waals surface area (Å²) in [6.07, 6.45) is 4.39. The number of rotatable bonds is 6. The maximum Gasteiger partial charge on any atom is 0.269 e. The largest absolute Gasteiger partial charge is 0.303 e. The molecule has 2 aromatic rings. The summed E-state index contributed by atoms with van der Waals surface area (Å²) >= 11 is 0. The van der Waals surface area contributed by atoms with Gasteiger partial charge >= 0.3 is 0 Å². The fourth-order valence-corrected chi connectivity index (χ4v) is 2.36. The number of hydrogen-bond acceptors (Lipinski definition) is 4. The van der Waals surface area contributed by atoms with Crippen LogP contribution in [0.3, 0.4) is 0 Å². The second kappa shape index (κ2) is 6.95. The molecular weight excluding hydrogens is 266 g/mol. The number of non-ortho nitro benzene ring substituents is 1. The van der Waals surface area contributed by atoms with Crippen LogP contribution in [0.4, 0.5) is 5.69 Å². The highest BCUT2D eigenvalue weighted by atomic mass is 16.6. The van der Waals surface area contributed by atoms with Gasteiger partial charge in [0.25, 0.3) is 5.69 Å². The zero-order chi connectivity index (χ0) is 15.2. The van der Waals surface area contributed by atoms with E-state index in [9.17, 15) is 10.1 Å². The summed E-state index contributed by atoms with van der Waals surface area (Å²) in [5.41, 5.74) is 2.21. The molecular formula is C16H19N3O2. The molecule has 0 aliphatic carbocycles. The SMILES string of the molecule is CCC(NC(C)c1ccncc1)c1cccc([N+](=O)[O-])c1. The highest BCUT2D eigenvalue weighted by molar-refractivity contribution is 5.36. The Morgan fingerprint density at radius 2 is 1.95 bits per heavy atom. The number of nitro benzene ring substituents is 1. The Balaban J connectivity index is 2.16. The molecule has 21 heavy (non-hydrogen) atoms. The minimum absolute atomic E-state index is 0.0769. The Kier molecular flexibility index (Phi) is 5.00. The fraction of sp³-hybridized carbons (Fsp3) is 0.312. The standard InChI is InChI=1S/C16H19N3O2/c1-3-16(14-5-4-6-15(11-14)19(20)21)18-12(2)13-7-9-17-10-8-13/h4-12,16,18H,3H2,1-2H3. The average molecular weight is 285 g/mol. The third-order valence-corrected chi connectivity index (χ3v) is 3.55. The van der Waals surface area contributed by atoms with Crippen LogP contribution in [0.5, 0.6) is 0 Å². The van der Waals surface area contributed by atoms with E-state index in [1.165, 1.54) is 6.07 Å². The van der Waals surface area contributed by atoms with Crippen LogP contribution in [0.15, 0.2) is 48.8 Å². The average Bonchev–Trinajstić information content (AvgIpc) is 2.53. The number of aromatic nitrogens is 1. The maximum absolute atomic E-state index is 10.9. The van der Waals surface area contributed by atoms with Crippen LogP contribution >= 0.6 is 0 Å². The Morgan fingerprint density at radius 3 is 2.57 bits per heavy atom. The zero-order valence-electron chi connectivity index (χ0n) is 12.2. The number of nitrogens with one attached hydrogen (secondary N) is 1. The normalized spacial score (nSPS) is 13.6. The first-order valence-corrected chi connectivity index (χ1v) is 7.02. The number of nitro groups is 1. The smallest absolute Gasteiger partial charge is 0.269 e. The van der Waals surface area contributed by atoms with Gasteiger partial charge in [-0.25, -0.2) is 0 Å². The van der Waals surface area contributed by atoms with E-state index >= 15 is 0 Å². The lowest BCUT2D eigenvalue weighted by Gasteiger charge is -2.23. The molecule has 0 fully saturated rings. The molecule has 0 aliphatic rings. The zero-order valence-corrected chi connectivity index (χ0v) is 12.2. The van der Waals surface area contributed by atoms with E-state index in [0.29, 0.717) is 0 Å². The minimum atomic E-state index is -0.359. The van der Waals surface area contributed by atoms with E-state index in [-0.39, 0.29) is 22.7 Å². The van der Waals surface area contributed by atoms with Gasteiger partial charge in [-0.1, -0.05) is 19.1 Å². The molecule has 2 atom stereocenters. The van der Waals surface area contributed by atoms with Gasteiger partial charge in [0.2, 0.25) is 0 Å². The molecule has 2 unspecified atom stereocenters. The van der Waals surface area contributed by atoms with Crippen molar-refractivity contribution in [1.82, 2.24) is 10.3 Å². The van der Waals surface area contributed by atoms with Gasteiger partial charge in [-0.3, -0.25) is 15.1 Å². The molecule has 1 heterocycles. The van der Waals surface area contributed by atoms with Crippen molar-refractivity contribution >= 4 is 5.69 Å². The minimum Gasteiger partial charge on any atom is -0.303 e. The van der Waals surface area contributed by atoms with Crippen molar-refractivity contribution in [3.05, 3.63) is 70.0 Å². The van der Waals surface area contributed by atoms with Crippen molar-refractivity contribution in [3.8, 4) is 0 Å². The van der Waals surface area contributed by atoms with Crippen LogP contribution in [0.25, 0.3) is 0 Å². The topological polar surface area (TPSA) is 68.1 Å². The van der Waals surface area contributed by atoms with Crippen LogP contribution in [0.2, 0.25) is 0 Å². The van der Waals surface area contributed by atoms with Gasteiger partial charge in [-0.2, -0.15) is 0 Å². The summed E-state index contributed by atoms with van der Waals surface area (Å²) < 4.78 is 0. The number of nitrogens with zero attached hydrogens (tertiary/aromatic N) is 2. The molecule has 2 rings (SSSR count).